The SMILES string of the molecule is N#Cc1ccc(-c2cc(NC(=O)c3cc(CNC[C@]45CC4CCCO5)cn(C4CC4)c3=O)nc(OCF)c2)c(C(=O)N2CC(F)(F)C2)c1. The van der Waals surface area contributed by atoms with Crippen molar-refractivity contribution in [3.05, 3.63) is 75.2 Å². The molecule has 48 heavy (non-hydrogen) atoms. The molecule has 2 amide bonds. The number of rotatable bonds is 11. The molecule has 2 aliphatic heterocycles. The van der Waals surface area contributed by atoms with E-state index in [0.717, 1.165) is 49.2 Å². The van der Waals surface area contributed by atoms with Gasteiger partial charge in [-0.1, -0.05) is 6.07 Å². The number of carbonyl (C=O) groups excluding carboxylic acids is 2. The molecular formula is C34H33F3N6O5. The zero-order chi connectivity index (χ0) is 33.6. The molecule has 4 aliphatic rings. The first-order valence-corrected chi connectivity index (χ1v) is 15.9. The normalized spacial score (nSPS) is 22.2. The molecule has 2 N–H and O–H groups in total. The Hall–Kier alpha value is -4.74. The van der Waals surface area contributed by atoms with Gasteiger partial charge in [-0.15, -0.1) is 0 Å². The highest BCUT2D eigenvalue weighted by Gasteiger charge is 2.56. The van der Waals surface area contributed by atoms with Gasteiger partial charge in [-0.2, -0.15) is 10.2 Å². The second-order valence-corrected chi connectivity index (χ2v) is 12.9. The molecule has 2 aromatic heterocycles. The van der Waals surface area contributed by atoms with Gasteiger partial charge in [-0.05, 0) is 79.0 Å². The molecule has 2 atom stereocenters. The number of carbonyl (C=O) groups is 2. The number of nitriles is 1. The lowest BCUT2D eigenvalue weighted by molar-refractivity contribution is -0.113. The first-order chi connectivity index (χ1) is 23.1. The van der Waals surface area contributed by atoms with Crippen molar-refractivity contribution in [3.63, 3.8) is 0 Å². The molecule has 1 unspecified atom stereocenters. The number of aromatic nitrogens is 2. The van der Waals surface area contributed by atoms with Crippen LogP contribution in [0.4, 0.5) is 19.0 Å². The van der Waals surface area contributed by atoms with Crippen LogP contribution in [0.5, 0.6) is 5.88 Å². The summed E-state index contributed by atoms with van der Waals surface area (Å²) in [6, 6.07) is 10.4. The molecule has 250 valence electrons. The average molecular weight is 663 g/mol. The van der Waals surface area contributed by atoms with Crippen molar-refractivity contribution in [2.45, 2.75) is 56.2 Å². The van der Waals surface area contributed by atoms with Crippen molar-refractivity contribution in [2.75, 3.05) is 38.4 Å². The number of alkyl halides is 3. The van der Waals surface area contributed by atoms with Crippen LogP contribution in [0.2, 0.25) is 0 Å². The first-order valence-electron chi connectivity index (χ1n) is 15.9. The number of ether oxygens (including phenoxy) is 2. The van der Waals surface area contributed by atoms with Crippen LogP contribution in [0.25, 0.3) is 11.1 Å². The monoisotopic (exact) mass is 662 g/mol. The third-order valence-corrected chi connectivity index (χ3v) is 9.37. The number of likely N-dealkylation sites (tertiary alicyclic amines) is 1. The van der Waals surface area contributed by atoms with E-state index in [2.05, 4.69) is 15.6 Å². The molecule has 7 rings (SSSR count). The number of nitrogens with one attached hydrogen (secondary N) is 2. The highest BCUT2D eigenvalue weighted by atomic mass is 19.3. The summed E-state index contributed by atoms with van der Waals surface area (Å²) in [6.07, 6.45) is 6.68. The summed E-state index contributed by atoms with van der Waals surface area (Å²) < 4.78 is 53.1. The molecule has 2 aliphatic carbocycles. The van der Waals surface area contributed by atoms with Crippen LogP contribution in [-0.4, -0.2) is 70.9 Å². The summed E-state index contributed by atoms with van der Waals surface area (Å²) in [5.41, 5.74) is 0.599. The smallest absolute Gasteiger partial charge is 0.282 e. The topological polar surface area (TPSA) is 139 Å². The van der Waals surface area contributed by atoms with Gasteiger partial charge in [0.1, 0.15) is 11.4 Å². The minimum absolute atomic E-state index is 0.00166. The zero-order valence-corrected chi connectivity index (χ0v) is 25.9. The Labute approximate surface area is 273 Å². The van der Waals surface area contributed by atoms with Crippen molar-refractivity contribution in [1.29, 1.82) is 5.26 Å². The number of benzene rings is 1. The van der Waals surface area contributed by atoms with Crippen LogP contribution < -0.4 is 20.9 Å². The van der Waals surface area contributed by atoms with E-state index in [1.54, 1.807) is 10.8 Å². The Morgan fingerprint density at radius 3 is 2.65 bits per heavy atom. The standard InChI is InChI=1S/C34H33F3N6O5/c35-19-47-29-11-22(25-6-3-20(13-38)8-26(25)31(45)42-17-34(36,37)18-42)10-28(40-29)41-30(44)27-9-21(15-43(32(27)46)24-4-5-24)14-39-16-33-12-23(33)2-1-7-48-33/h3,6,8-11,15,23-24,39H,1-2,4-5,7,12,14,16-19H2,(H,40,41,44)/t23?,33-/m1/s1. The zero-order valence-electron chi connectivity index (χ0n) is 25.9. The number of hydrogen-bond donors (Lipinski definition) is 2. The highest BCUT2D eigenvalue weighted by molar-refractivity contribution is 6.05. The summed E-state index contributed by atoms with van der Waals surface area (Å²) >= 11 is 0. The maximum absolute atomic E-state index is 13.6. The summed E-state index contributed by atoms with van der Waals surface area (Å²) in [5, 5.41) is 15.5. The minimum atomic E-state index is -3.01. The van der Waals surface area contributed by atoms with E-state index in [1.165, 1.54) is 36.4 Å². The van der Waals surface area contributed by atoms with Crippen LogP contribution in [0, 0.1) is 17.2 Å². The minimum Gasteiger partial charge on any atom is -0.446 e. The van der Waals surface area contributed by atoms with Crippen molar-refractivity contribution >= 4 is 17.6 Å². The molecule has 2 saturated heterocycles. The van der Waals surface area contributed by atoms with Gasteiger partial charge < -0.3 is 29.6 Å². The molecule has 2 saturated carbocycles. The summed E-state index contributed by atoms with van der Waals surface area (Å²) in [5.74, 6) is -4.25. The molecule has 14 heteroatoms. The molecule has 4 fully saturated rings. The van der Waals surface area contributed by atoms with E-state index < -0.39 is 43.2 Å². The third-order valence-electron chi connectivity index (χ3n) is 9.37. The molecule has 0 bridgehead atoms. The Bertz CT molecular complexity index is 1880. The number of pyridine rings is 2. The number of nitrogens with zero attached hydrogens (tertiary/aromatic N) is 4. The van der Waals surface area contributed by atoms with Crippen molar-refractivity contribution < 1.29 is 32.2 Å². The van der Waals surface area contributed by atoms with Gasteiger partial charge in [-0.25, -0.2) is 13.2 Å². The van der Waals surface area contributed by atoms with Crippen LogP contribution >= 0.6 is 0 Å². The number of amides is 2. The fourth-order valence-corrected chi connectivity index (χ4v) is 6.64. The second-order valence-electron chi connectivity index (χ2n) is 12.9. The third kappa shape index (κ3) is 6.40. The number of anilines is 1. The van der Waals surface area contributed by atoms with Gasteiger partial charge in [0, 0.05) is 43.6 Å². The van der Waals surface area contributed by atoms with Crippen molar-refractivity contribution in [1.82, 2.24) is 19.8 Å². The van der Waals surface area contributed by atoms with Crippen LogP contribution in [0.1, 0.15) is 70.0 Å². The Kier molecular flexibility index (Phi) is 8.21. The van der Waals surface area contributed by atoms with E-state index in [9.17, 15) is 32.8 Å². The van der Waals surface area contributed by atoms with Gasteiger partial charge >= 0.3 is 0 Å². The molecule has 3 aromatic rings. The largest absolute Gasteiger partial charge is 0.446 e. The fourth-order valence-electron chi connectivity index (χ4n) is 6.64. The predicted molar refractivity (Wildman–Crippen MR) is 166 cm³/mol. The Morgan fingerprint density at radius 2 is 1.94 bits per heavy atom. The molecular weight excluding hydrogens is 629 g/mol. The first kappa shape index (κ1) is 31.8. The summed E-state index contributed by atoms with van der Waals surface area (Å²) in [7, 11) is 0. The Morgan fingerprint density at radius 1 is 1.12 bits per heavy atom. The second kappa shape index (κ2) is 12.4. The average Bonchev–Trinajstić information content (AvgIpc) is 3.99. The Balaban J connectivity index is 1.16. The van der Waals surface area contributed by atoms with Gasteiger partial charge in [0.05, 0.1) is 30.3 Å². The lowest BCUT2D eigenvalue weighted by atomic mass is 9.96. The molecule has 0 spiro atoms. The molecule has 0 radical (unpaired) electrons. The van der Waals surface area contributed by atoms with Crippen LogP contribution in [0.15, 0.2) is 47.4 Å². The maximum atomic E-state index is 13.6. The highest BCUT2D eigenvalue weighted by Crippen LogP contribution is 2.52. The molecule has 4 heterocycles. The predicted octanol–water partition coefficient (Wildman–Crippen LogP) is 4.42. The summed E-state index contributed by atoms with van der Waals surface area (Å²) in [4.78, 5) is 45.4. The van der Waals surface area contributed by atoms with E-state index >= 15 is 0 Å². The van der Waals surface area contributed by atoms with Gasteiger partial charge in [-0.3, -0.25) is 14.4 Å². The van der Waals surface area contributed by atoms with E-state index in [1.807, 2.05) is 6.07 Å². The summed E-state index contributed by atoms with van der Waals surface area (Å²) in [6.45, 7) is -0.930. The van der Waals surface area contributed by atoms with Gasteiger partial charge in [0.15, 0.2) is 0 Å². The quantitative estimate of drug-likeness (QED) is 0.308. The molecule has 11 nitrogen and oxygen atoms in total. The van der Waals surface area contributed by atoms with E-state index in [-0.39, 0.29) is 51.2 Å². The van der Waals surface area contributed by atoms with Crippen molar-refractivity contribution in [3.8, 4) is 23.1 Å². The van der Waals surface area contributed by atoms with Crippen molar-refractivity contribution in [2.24, 2.45) is 5.92 Å². The van der Waals surface area contributed by atoms with Crippen LogP contribution in [-0.2, 0) is 11.3 Å². The van der Waals surface area contributed by atoms with E-state index in [4.69, 9.17) is 9.47 Å². The number of fused-ring (bicyclic) bond motifs is 1. The number of halogens is 3. The van der Waals surface area contributed by atoms with Crippen LogP contribution in [0.3, 0.4) is 0 Å². The lowest BCUT2D eigenvalue weighted by Gasteiger charge is -2.39. The van der Waals surface area contributed by atoms with E-state index in [0.29, 0.717) is 19.0 Å². The maximum Gasteiger partial charge on any atom is 0.282 e. The number of hydrogen-bond acceptors (Lipinski definition) is 8. The van der Waals surface area contributed by atoms with Gasteiger partial charge in [0.2, 0.25) is 12.7 Å². The fraction of sp³-hybridized carbons (Fsp3) is 0.441. The molecule has 1 aromatic carbocycles. The van der Waals surface area contributed by atoms with Gasteiger partial charge in [0.25, 0.3) is 23.3 Å². The lowest BCUT2D eigenvalue weighted by Crippen LogP contribution is -2.58.